The fourth-order valence-electron chi connectivity index (χ4n) is 8.80. The molecule has 0 aromatic carbocycles. The van der Waals surface area contributed by atoms with Crippen molar-refractivity contribution in [3.63, 3.8) is 0 Å². The van der Waals surface area contributed by atoms with Crippen LogP contribution in [-0.2, 0) is 18.9 Å². The van der Waals surface area contributed by atoms with Crippen LogP contribution < -0.4 is 0 Å². The first-order chi connectivity index (χ1) is 19.3. The number of hydrogen-bond acceptors (Lipinski definition) is 7. The summed E-state index contributed by atoms with van der Waals surface area (Å²) < 4.78 is 24.6. The summed E-state index contributed by atoms with van der Waals surface area (Å²) in [5, 5.41) is 30.4. The van der Waals surface area contributed by atoms with Crippen LogP contribution in [0.4, 0.5) is 0 Å². The molecule has 7 nitrogen and oxygen atoms in total. The van der Waals surface area contributed by atoms with Crippen LogP contribution >= 0.6 is 0 Å². The molecule has 236 valence electrons. The van der Waals surface area contributed by atoms with Gasteiger partial charge in [0.05, 0.1) is 31.0 Å². The predicted octanol–water partition coefficient (Wildman–Crippen LogP) is 5.76. The second-order valence-corrected chi connectivity index (χ2v) is 14.5. The first-order valence-corrected chi connectivity index (χ1v) is 16.2. The fraction of sp³-hybridized carbons (Fsp3) is 0.882. The molecule has 41 heavy (non-hydrogen) atoms. The maximum atomic E-state index is 10.5. The van der Waals surface area contributed by atoms with E-state index in [9.17, 15) is 15.3 Å². The van der Waals surface area contributed by atoms with Crippen LogP contribution in [0.15, 0.2) is 23.8 Å². The van der Waals surface area contributed by atoms with E-state index < -0.39 is 37.0 Å². The van der Waals surface area contributed by atoms with E-state index in [0.29, 0.717) is 29.6 Å². The highest BCUT2D eigenvalue weighted by molar-refractivity contribution is 5.27. The van der Waals surface area contributed by atoms with Crippen LogP contribution in [0.3, 0.4) is 0 Å². The molecule has 12 atom stereocenters. The van der Waals surface area contributed by atoms with Gasteiger partial charge in [-0.05, 0) is 91.9 Å². The Hall–Kier alpha value is -0.800. The lowest BCUT2D eigenvalue weighted by atomic mass is 9.38. The molecular weight excluding hydrogens is 520 g/mol. The Morgan fingerprint density at radius 2 is 1.83 bits per heavy atom. The average molecular weight is 579 g/mol. The third-order valence-electron chi connectivity index (χ3n) is 11.9. The van der Waals surface area contributed by atoms with Crippen molar-refractivity contribution in [3.8, 4) is 0 Å². The van der Waals surface area contributed by atoms with Gasteiger partial charge < -0.3 is 34.3 Å². The average Bonchev–Trinajstić information content (AvgIpc) is 3.07. The molecule has 1 heterocycles. The van der Waals surface area contributed by atoms with E-state index in [-0.39, 0.29) is 36.6 Å². The second-order valence-electron chi connectivity index (χ2n) is 14.5. The van der Waals surface area contributed by atoms with Crippen LogP contribution in [0.5, 0.6) is 0 Å². The molecular formula is C34H58O7. The zero-order chi connectivity index (χ0) is 30.2. The van der Waals surface area contributed by atoms with Gasteiger partial charge in [0.1, 0.15) is 12.7 Å². The van der Waals surface area contributed by atoms with E-state index in [1.165, 1.54) is 31.3 Å². The first kappa shape index (κ1) is 33.1. The summed E-state index contributed by atoms with van der Waals surface area (Å²) in [5.41, 5.74) is 1.82. The Morgan fingerprint density at radius 1 is 1.10 bits per heavy atom. The predicted molar refractivity (Wildman–Crippen MR) is 160 cm³/mol. The lowest BCUT2D eigenvalue weighted by Crippen LogP contribution is -2.59. The maximum absolute atomic E-state index is 10.5. The minimum atomic E-state index is -0.941. The van der Waals surface area contributed by atoms with E-state index in [0.717, 1.165) is 6.42 Å². The zero-order valence-electron chi connectivity index (χ0n) is 26.8. The van der Waals surface area contributed by atoms with Crippen molar-refractivity contribution in [2.45, 2.75) is 143 Å². The van der Waals surface area contributed by atoms with Gasteiger partial charge >= 0.3 is 0 Å². The molecule has 2 saturated carbocycles. The standard InChI is InChI=1S/C34H58O7/c1-9-23-17-24-11-12-29-32(5,6)15-13-21(3)34(29,8)33(24,7)16-14-28(23)41-30(40-25(10-2)19-35)20-38-31-27(37)18-26(36)22(4)39-31/h9,14,16,21-22,24-31,35-37H,10-13,15,17-20H2,1-8H3/b23-9-/t21?,22?,24?,25?,26?,27?,28?,29?,30?,31?,33-,34-/m1/s1. The fourth-order valence-corrected chi connectivity index (χ4v) is 8.80. The summed E-state index contributed by atoms with van der Waals surface area (Å²) in [6.07, 6.45) is 9.34. The van der Waals surface area contributed by atoms with Crippen LogP contribution in [0.2, 0.25) is 0 Å². The van der Waals surface area contributed by atoms with Gasteiger partial charge in [0.2, 0.25) is 0 Å². The van der Waals surface area contributed by atoms with Crippen molar-refractivity contribution in [2.75, 3.05) is 13.2 Å². The Kier molecular flexibility index (Phi) is 10.5. The lowest BCUT2D eigenvalue weighted by Gasteiger charge is -2.66. The van der Waals surface area contributed by atoms with Gasteiger partial charge in [-0.1, -0.05) is 59.8 Å². The number of allylic oxidation sites excluding steroid dienone is 2. The summed E-state index contributed by atoms with van der Waals surface area (Å²) in [4.78, 5) is 0. The first-order valence-electron chi connectivity index (χ1n) is 16.2. The molecule has 0 radical (unpaired) electrons. The highest BCUT2D eigenvalue weighted by atomic mass is 16.7. The molecule has 3 N–H and O–H groups in total. The van der Waals surface area contributed by atoms with Gasteiger partial charge in [0.25, 0.3) is 0 Å². The normalized spacial score (nSPS) is 45.0. The number of ether oxygens (including phenoxy) is 4. The summed E-state index contributed by atoms with van der Waals surface area (Å²) in [6, 6.07) is 0. The molecule has 10 unspecified atom stereocenters. The number of rotatable bonds is 9. The van der Waals surface area contributed by atoms with Crippen molar-refractivity contribution in [2.24, 2.45) is 34.0 Å². The number of fused-ring (bicyclic) bond motifs is 3. The molecule has 7 heteroatoms. The Balaban J connectivity index is 1.58. The van der Waals surface area contributed by atoms with Gasteiger partial charge in [-0.15, -0.1) is 0 Å². The van der Waals surface area contributed by atoms with Crippen LogP contribution in [-0.4, -0.2) is 71.6 Å². The maximum Gasteiger partial charge on any atom is 0.184 e. The van der Waals surface area contributed by atoms with Gasteiger partial charge in [0.15, 0.2) is 12.6 Å². The Bertz CT molecular complexity index is 928. The quantitative estimate of drug-likeness (QED) is 0.236. The van der Waals surface area contributed by atoms with Crippen molar-refractivity contribution in [1.29, 1.82) is 0 Å². The summed E-state index contributed by atoms with van der Waals surface area (Å²) in [5.74, 6) is 1.86. The lowest BCUT2D eigenvalue weighted by molar-refractivity contribution is -0.289. The highest BCUT2D eigenvalue weighted by Crippen LogP contribution is 2.69. The van der Waals surface area contributed by atoms with Gasteiger partial charge in [-0.25, -0.2) is 0 Å². The molecule has 1 saturated heterocycles. The van der Waals surface area contributed by atoms with Crippen molar-refractivity contribution in [1.82, 2.24) is 0 Å². The molecule has 0 spiro atoms. The van der Waals surface area contributed by atoms with Gasteiger partial charge in [0, 0.05) is 6.42 Å². The van der Waals surface area contributed by atoms with Gasteiger partial charge in [-0.3, -0.25) is 0 Å². The summed E-state index contributed by atoms with van der Waals surface area (Å²) in [7, 11) is 0. The smallest absolute Gasteiger partial charge is 0.184 e. The van der Waals surface area contributed by atoms with Crippen LogP contribution in [0.1, 0.15) is 100 Å². The molecule has 4 aliphatic rings. The molecule has 0 aromatic rings. The van der Waals surface area contributed by atoms with E-state index in [4.69, 9.17) is 18.9 Å². The largest absolute Gasteiger partial charge is 0.394 e. The van der Waals surface area contributed by atoms with Crippen molar-refractivity contribution < 1.29 is 34.3 Å². The van der Waals surface area contributed by atoms with Gasteiger partial charge in [-0.2, -0.15) is 0 Å². The Morgan fingerprint density at radius 3 is 2.49 bits per heavy atom. The van der Waals surface area contributed by atoms with E-state index in [1.807, 2.05) is 6.92 Å². The minimum absolute atomic E-state index is 0.0358. The molecule has 0 bridgehead atoms. The Labute approximate surface area is 248 Å². The monoisotopic (exact) mass is 578 g/mol. The second kappa shape index (κ2) is 13.1. The number of aliphatic hydroxyl groups is 3. The zero-order valence-corrected chi connectivity index (χ0v) is 26.8. The third kappa shape index (κ3) is 6.38. The molecule has 1 aliphatic heterocycles. The number of hydrogen-bond donors (Lipinski definition) is 3. The molecule has 4 rings (SSSR count). The third-order valence-corrected chi connectivity index (χ3v) is 11.9. The molecule has 0 aromatic heterocycles. The van der Waals surface area contributed by atoms with E-state index in [1.54, 1.807) is 6.92 Å². The summed E-state index contributed by atoms with van der Waals surface area (Å²) >= 11 is 0. The topological polar surface area (TPSA) is 97.6 Å². The van der Waals surface area contributed by atoms with Crippen LogP contribution in [0, 0.1) is 34.0 Å². The van der Waals surface area contributed by atoms with Crippen molar-refractivity contribution >= 4 is 0 Å². The highest BCUT2D eigenvalue weighted by Gasteiger charge is 2.62. The molecule has 3 aliphatic carbocycles. The van der Waals surface area contributed by atoms with E-state index in [2.05, 4.69) is 59.8 Å². The van der Waals surface area contributed by atoms with Crippen LogP contribution in [0.25, 0.3) is 0 Å². The summed E-state index contributed by atoms with van der Waals surface area (Å²) in [6.45, 7) is 18.3. The minimum Gasteiger partial charge on any atom is -0.394 e. The SMILES string of the molecule is C/C=C1/CC2CCC3C(C)(C)CCC(C)[C@@]3(C)[C@]2(C)C=CC1OC(COC1OC(C)C(O)CC1O)OC(CC)CO. The molecule has 3 fully saturated rings. The number of aliphatic hydroxyl groups excluding tert-OH is 3. The molecule has 0 amide bonds. The van der Waals surface area contributed by atoms with E-state index >= 15 is 0 Å². The van der Waals surface area contributed by atoms with Crippen molar-refractivity contribution in [3.05, 3.63) is 23.8 Å².